The molecule has 40 heavy (non-hydrogen) atoms. The number of benzene rings is 2. The van der Waals surface area contributed by atoms with Crippen LogP contribution in [-0.4, -0.2) is 25.9 Å². The average molecular weight is 562 g/mol. The van der Waals surface area contributed by atoms with Gasteiger partial charge in [-0.2, -0.15) is 0 Å². The van der Waals surface area contributed by atoms with Crippen molar-refractivity contribution in [3.05, 3.63) is 106 Å². The van der Waals surface area contributed by atoms with Gasteiger partial charge in [-0.05, 0) is 48.6 Å². The number of rotatable bonds is 9. The average Bonchev–Trinajstić information content (AvgIpc) is 3.38. The number of nitrogens with one attached hydrogen (secondary N) is 1. The molecule has 0 atom stereocenters. The Bertz CT molecular complexity index is 1590. The van der Waals surface area contributed by atoms with E-state index in [4.69, 9.17) is 14.3 Å². The monoisotopic (exact) mass is 561 g/mol. The van der Waals surface area contributed by atoms with E-state index in [1.54, 1.807) is 6.20 Å². The van der Waals surface area contributed by atoms with Gasteiger partial charge < -0.3 is 14.6 Å². The molecule has 0 saturated carbocycles. The molecule has 8 nitrogen and oxygen atoms in total. The quantitative estimate of drug-likeness (QED) is 0.248. The summed E-state index contributed by atoms with van der Waals surface area (Å²) in [5.41, 5.74) is 6.85. The maximum Gasteiger partial charge on any atom is 1.00 e. The SMILES string of the molecule is CCCC1=NC(CC)=C(Oc2cnc(C)cc2C)[CH-]N1Cc1ccc(-c2ccccc2-c2noc(=O)[nH]2)cc1.[K+]. The van der Waals surface area contributed by atoms with Gasteiger partial charge in [0, 0.05) is 30.0 Å². The number of pyridine rings is 1. The molecule has 0 aliphatic carbocycles. The first kappa shape index (κ1) is 30.0. The Morgan fingerprint density at radius 3 is 2.45 bits per heavy atom. The summed E-state index contributed by atoms with van der Waals surface area (Å²) < 4.78 is 11.1. The second kappa shape index (κ2) is 13.6. The van der Waals surface area contributed by atoms with Gasteiger partial charge in [0.25, 0.3) is 0 Å². The summed E-state index contributed by atoms with van der Waals surface area (Å²) in [6, 6.07) is 18.2. The molecule has 0 saturated heterocycles. The van der Waals surface area contributed by atoms with E-state index in [1.165, 1.54) is 0 Å². The third-order valence-corrected chi connectivity index (χ3v) is 6.62. The molecule has 0 fully saturated rings. The molecule has 200 valence electrons. The number of hydrogen-bond donors (Lipinski definition) is 1. The molecule has 1 aliphatic rings. The van der Waals surface area contributed by atoms with E-state index in [2.05, 4.69) is 64.7 Å². The largest absolute Gasteiger partial charge is 1.00 e. The zero-order valence-corrected chi connectivity index (χ0v) is 26.8. The van der Waals surface area contributed by atoms with Crippen molar-refractivity contribution in [2.75, 3.05) is 0 Å². The Balaban J connectivity index is 0.00000370. The van der Waals surface area contributed by atoms with Gasteiger partial charge in [-0.3, -0.25) is 14.5 Å². The first-order chi connectivity index (χ1) is 18.9. The van der Waals surface area contributed by atoms with Gasteiger partial charge in [0.1, 0.15) is 5.75 Å². The summed E-state index contributed by atoms with van der Waals surface area (Å²) in [5, 5.41) is 3.87. The molecule has 0 bridgehead atoms. The van der Waals surface area contributed by atoms with Gasteiger partial charge in [-0.1, -0.05) is 86.2 Å². The zero-order valence-electron chi connectivity index (χ0n) is 23.7. The van der Waals surface area contributed by atoms with Crippen molar-refractivity contribution >= 4 is 5.84 Å². The van der Waals surface area contributed by atoms with Gasteiger partial charge in [-0.15, -0.1) is 0 Å². The maximum atomic E-state index is 11.5. The summed E-state index contributed by atoms with van der Waals surface area (Å²) >= 11 is 0. The predicted octanol–water partition coefficient (Wildman–Crippen LogP) is 3.59. The van der Waals surface area contributed by atoms with Crippen LogP contribution in [0.4, 0.5) is 0 Å². The number of aryl methyl sites for hydroxylation is 2. The van der Waals surface area contributed by atoms with Crippen molar-refractivity contribution in [1.29, 1.82) is 0 Å². The molecule has 3 heterocycles. The standard InChI is InChI=1S/C31H32N5O3.K/c1-5-9-29-33-26(6-2)28(38-27-17-32-21(4)16-20(27)3)19-36(29)18-22-12-14-23(15-13-22)24-10-7-8-11-25(24)30-34-31(37)39-35-30;/h7-8,10-17,19H,5-6,9,18H2,1-4H3,(H,34,35,37);/q-1;+1. The Kier molecular flexibility index (Phi) is 10.2. The van der Waals surface area contributed by atoms with Gasteiger partial charge in [0.2, 0.25) is 0 Å². The molecule has 0 radical (unpaired) electrons. The first-order valence-corrected chi connectivity index (χ1v) is 13.2. The molecule has 1 aliphatic heterocycles. The summed E-state index contributed by atoms with van der Waals surface area (Å²) in [7, 11) is 0. The van der Waals surface area contributed by atoms with Crippen LogP contribution in [0, 0.1) is 20.4 Å². The Hall–Kier alpha value is -2.95. The number of nitrogens with zero attached hydrogens (tertiary/aromatic N) is 4. The molecule has 0 amide bonds. The number of amidine groups is 1. The van der Waals surface area contributed by atoms with Crippen LogP contribution in [0.2, 0.25) is 0 Å². The summed E-state index contributed by atoms with van der Waals surface area (Å²) in [6.45, 7) is 11.0. The van der Waals surface area contributed by atoms with E-state index >= 15 is 0 Å². The molecular weight excluding hydrogens is 529 g/mol. The number of ether oxygens (including phenoxy) is 1. The molecule has 5 rings (SSSR count). The first-order valence-electron chi connectivity index (χ1n) is 13.2. The van der Waals surface area contributed by atoms with Crippen molar-refractivity contribution < 1.29 is 60.6 Å². The molecular formula is C31H32KN5O3. The molecule has 9 heteroatoms. The number of allylic oxidation sites excluding steroid dienone is 1. The van der Waals surface area contributed by atoms with Crippen molar-refractivity contribution in [2.24, 2.45) is 4.99 Å². The van der Waals surface area contributed by atoms with E-state index in [9.17, 15) is 4.79 Å². The topological polar surface area (TPSA) is 96.6 Å². The number of aromatic amines is 1. The predicted molar refractivity (Wildman–Crippen MR) is 152 cm³/mol. The number of aliphatic imine (C=N–C) groups is 1. The smallest absolute Gasteiger partial charge is 0.489 e. The van der Waals surface area contributed by atoms with Crippen LogP contribution >= 0.6 is 0 Å². The van der Waals surface area contributed by atoms with Crippen LogP contribution < -0.4 is 61.9 Å². The van der Waals surface area contributed by atoms with Crippen LogP contribution in [0.5, 0.6) is 5.75 Å². The maximum absolute atomic E-state index is 11.5. The fourth-order valence-corrected chi connectivity index (χ4v) is 4.65. The second-order valence-corrected chi connectivity index (χ2v) is 9.58. The second-order valence-electron chi connectivity index (χ2n) is 9.58. The van der Waals surface area contributed by atoms with Crippen molar-refractivity contribution in [1.82, 2.24) is 20.0 Å². The zero-order chi connectivity index (χ0) is 27.4. The van der Waals surface area contributed by atoms with Crippen molar-refractivity contribution in [2.45, 2.75) is 53.5 Å². The van der Waals surface area contributed by atoms with Crippen LogP contribution in [0.3, 0.4) is 0 Å². The Labute approximate surface area is 277 Å². The van der Waals surface area contributed by atoms with Crippen LogP contribution in [0.25, 0.3) is 22.5 Å². The molecule has 4 aromatic rings. The minimum atomic E-state index is -0.574. The minimum Gasteiger partial charge on any atom is -0.489 e. The van der Waals surface area contributed by atoms with E-state index in [0.717, 1.165) is 75.8 Å². The minimum absolute atomic E-state index is 0. The van der Waals surface area contributed by atoms with E-state index in [1.807, 2.05) is 44.2 Å². The Morgan fingerprint density at radius 2 is 1.80 bits per heavy atom. The van der Waals surface area contributed by atoms with Crippen LogP contribution in [0.1, 0.15) is 49.9 Å². The van der Waals surface area contributed by atoms with Crippen molar-refractivity contribution in [3.8, 4) is 28.3 Å². The summed E-state index contributed by atoms with van der Waals surface area (Å²) in [4.78, 5) is 25.7. The number of hydrogen-bond acceptors (Lipinski definition) is 7. The molecule has 0 spiro atoms. The normalized spacial score (nSPS) is 13.0. The van der Waals surface area contributed by atoms with Gasteiger partial charge >= 0.3 is 57.1 Å². The van der Waals surface area contributed by atoms with Crippen LogP contribution in [-0.2, 0) is 6.54 Å². The molecule has 1 N–H and O–H groups in total. The van der Waals surface area contributed by atoms with Gasteiger partial charge in [0.05, 0.1) is 12.0 Å². The Morgan fingerprint density at radius 1 is 1.05 bits per heavy atom. The van der Waals surface area contributed by atoms with Gasteiger partial charge in [0.15, 0.2) is 5.82 Å². The fraction of sp³-hybridized carbons (Fsp3) is 0.258. The third-order valence-electron chi connectivity index (χ3n) is 6.62. The summed E-state index contributed by atoms with van der Waals surface area (Å²) in [6.07, 6.45) is 4.42. The van der Waals surface area contributed by atoms with Gasteiger partial charge in [-0.25, -0.2) is 4.79 Å². The van der Waals surface area contributed by atoms with Crippen molar-refractivity contribution in [3.63, 3.8) is 0 Å². The number of H-pyrrole nitrogens is 1. The molecule has 2 aromatic heterocycles. The molecule has 0 unspecified atom stereocenters. The summed E-state index contributed by atoms with van der Waals surface area (Å²) in [5.74, 6) is 2.36. The third kappa shape index (κ3) is 6.84. The van der Waals surface area contributed by atoms with E-state index in [0.29, 0.717) is 12.4 Å². The van der Waals surface area contributed by atoms with Crippen LogP contribution in [0.15, 0.2) is 86.6 Å². The van der Waals surface area contributed by atoms with E-state index in [-0.39, 0.29) is 51.4 Å². The number of aromatic nitrogens is 3. The fourth-order valence-electron chi connectivity index (χ4n) is 4.65. The van der Waals surface area contributed by atoms with E-state index < -0.39 is 5.76 Å². The molecule has 2 aromatic carbocycles.